The Morgan fingerprint density at radius 3 is 1.94 bits per heavy atom. The van der Waals surface area contributed by atoms with Crippen LogP contribution in [0.2, 0.25) is 18.1 Å². The predicted molar refractivity (Wildman–Crippen MR) is 69.2 cm³/mol. The molecule has 0 fully saturated rings. The molecule has 0 spiro atoms. The molecule has 0 aliphatic heterocycles. The third-order valence-electron chi connectivity index (χ3n) is 3.22. The van der Waals surface area contributed by atoms with E-state index in [2.05, 4.69) is 20.8 Å². The van der Waals surface area contributed by atoms with Crippen LogP contribution in [0.15, 0.2) is 0 Å². The summed E-state index contributed by atoms with van der Waals surface area (Å²) in [7, 11) is -1.74. The van der Waals surface area contributed by atoms with E-state index in [0.717, 1.165) is 24.4 Å². The Labute approximate surface area is 101 Å². The highest BCUT2D eigenvalue weighted by molar-refractivity contribution is 6.73. The van der Waals surface area contributed by atoms with Crippen molar-refractivity contribution in [2.75, 3.05) is 13.2 Å². The molecular formula is C12H26O3Si. The van der Waals surface area contributed by atoms with Gasteiger partial charge in [-0.25, -0.2) is 0 Å². The molecule has 0 saturated carbocycles. The molecule has 0 radical (unpaired) electrons. The molecule has 0 rings (SSSR count). The zero-order valence-corrected chi connectivity index (χ0v) is 12.3. The van der Waals surface area contributed by atoms with E-state index < -0.39 is 13.9 Å². The third-order valence-corrected chi connectivity index (χ3v) is 7.99. The highest BCUT2D eigenvalue weighted by Crippen LogP contribution is 2.27. The minimum Gasteiger partial charge on any atom is -0.403 e. The second-order valence-corrected chi connectivity index (χ2v) is 9.10. The molecule has 16 heavy (non-hydrogen) atoms. The number of ether oxygens (including phenoxy) is 1. The molecule has 0 saturated heterocycles. The molecule has 0 aliphatic carbocycles. The normalized spacial score (nSPS) is 15.8. The van der Waals surface area contributed by atoms with Gasteiger partial charge in [-0.1, -0.05) is 20.8 Å². The molecule has 0 aliphatic rings. The molecule has 4 heteroatoms. The van der Waals surface area contributed by atoms with Gasteiger partial charge in [-0.15, -0.1) is 0 Å². The monoisotopic (exact) mass is 246 g/mol. The van der Waals surface area contributed by atoms with Gasteiger partial charge >= 0.3 is 0 Å². The minimum atomic E-state index is -1.74. The van der Waals surface area contributed by atoms with Gasteiger partial charge in [0.05, 0.1) is 6.61 Å². The van der Waals surface area contributed by atoms with E-state index in [1.807, 2.05) is 13.8 Å². The Morgan fingerprint density at radius 1 is 1.12 bits per heavy atom. The molecule has 0 aromatic heterocycles. The topological polar surface area (TPSA) is 35.5 Å². The van der Waals surface area contributed by atoms with Gasteiger partial charge in [-0.05, 0) is 32.0 Å². The van der Waals surface area contributed by atoms with Crippen LogP contribution in [0.4, 0.5) is 0 Å². The fraction of sp³-hybridized carbons (Fsp3) is 0.917. The summed E-state index contributed by atoms with van der Waals surface area (Å²) in [5, 5.41) is 0. The van der Waals surface area contributed by atoms with Gasteiger partial charge in [0.25, 0.3) is 0 Å². The number of hydrogen-bond acceptors (Lipinski definition) is 3. The summed E-state index contributed by atoms with van der Waals surface area (Å²) < 4.78 is 11.5. The maximum absolute atomic E-state index is 11.2. The van der Waals surface area contributed by atoms with Crippen LogP contribution in [-0.2, 0) is 14.0 Å². The van der Waals surface area contributed by atoms with Crippen LogP contribution in [0.3, 0.4) is 0 Å². The number of aldehydes is 1. The lowest BCUT2D eigenvalue weighted by Gasteiger charge is -2.36. The molecule has 0 aromatic carbocycles. The standard InChI is InChI=1S/C12H26O3Si/c1-6-14-11-12(5,10-13)15-16(7-2,8-3)9-4/h10H,6-9,11H2,1-5H3/t12-/m1/s1. The van der Waals surface area contributed by atoms with Crippen molar-refractivity contribution >= 4 is 14.6 Å². The first-order valence-corrected chi connectivity index (χ1v) is 8.78. The summed E-state index contributed by atoms with van der Waals surface area (Å²) >= 11 is 0. The molecule has 3 nitrogen and oxygen atoms in total. The molecule has 0 unspecified atom stereocenters. The van der Waals surface area contributed by atoms with E-state index in [0.29, 0.717) is 13.2 Å². The van der Waals surface area contributed by atoms with Gasteiger partial charge in [0.2, 0.25) is 0 Å². The Hall–Kier alpha value is -0.193. The Bertz CT molecular complexity index is 196. The van der Waals surface area contributed by atoms with Crippen LogP contribution >= 0.6 is 0 Å². The Kier molecular flexibility index (Phi) is 7.11. The van der Waals surface area contributed by atoms with Crippen molar-refractivity contribution in [1.29, 1.82) is 0 Å². The first-order valence-electron chi connectivity index (χ1n) is 6.25. The SMILES string of the molecule is CCOC[C@@](C)(C=O)O[Si](CC)(CC)CC. The molecule has 0 bridgehead atoms. The van der Waals surface area contributed by atoms with E-state index in [4.69, 9.17) is 9.16 Å². The van der Waals surface area contributed by atoms with E-state index in [9.17, 15) is 4.79 Å². The summed E-state index contributed by atoms with van der Waals surface area (Å²) in [6, 6.07) is 3.15. The Morgan fingerprint density at radius 2 is 1.62 bits per heavy atom. The highest BCUT2D eigenvalue weighted by atomic mass is 28.4. The fourth-order valence-electron chi connectivity index (χ4n) is 1.85. The van der Waals surface area contributed by atoms with Crippen molar-refractivity contribution in [3.8, 4) is 0 Å². The van der Waals surface area contributed by atoms with Crippen LogP contribution in [0.5, 0.6) is 0 Å². The lowest BCUT2D eigenvalue weighted by Crippen LogP contribution is -2.49. The van der Waals surface area contributed by atoms with E-state index in [1.54, 1.807) is 0 Å². The summed E-state index contributed by atoms with van der Waals surface area (Å²) in [6.45, 7) is 11.2. The predicted octanol–water partition coefficient (Wildman–Crippen LogP) is 3.00. The van der Waals surface area contributed by atoms with Crippen molar-refractivity contribution in [3.05, 3.63) is 0 Å². The molecule has 0 aromatic rings. The van der Waals surface area contributed by atoms with Gasteiger partial charge in [0.15, 0.2) is 14.6 Å². The van der Waals surface area contributed by atoms with Crippen LogP contribution < -0.4 is 0 Å². The molecule has 0 N–H and O–H groups in total. The van der Waals surface area contributed by atoms with Crippen molar-refractivity contribution in [1.82, 2.24) is 0 Å². The molecular weight excluding hydrogens is 220 g/mol. The van der Waals surface area contributed by atoms with Gasteiger partial charge in [0, 0.05) is 6.61 Å². The molecule has 96 valence electrons. The Balaban J connectivity index is 4.64. The van der Waals surface area contributed by atoms with Crippen molar-refractivity contribution < 1.29 is 14.0 Å². The van der Waals surface area contributed by atoms with Gasteiger partial charge in [-0.2, -0.15) is 0 Å². The number of carbonyl (C=O) groups excluding carboxylic acids is 1. The quantitative estimate of drug-likeness (QED) is 0.463. The third kappa shape index (κ3) is 4.35. The summed E-state index contributed by atoms with van der Waals surface area (Å²) in [4.78, 5) is 11.2. The van der Waals surface area contributed by atoms with Crippen LogP contribution in [0, 0.1) is 0 Å². The van der Waals surface area contributed by atoms with Crippen molar-refractivity contribution in [2.24, 2.45) is 0 Å². The largest absolute Gasteiger partial charge is 0.403 e. The average molecular weight is 246 g/mol. The van der Waals surface area contributed by atoms with Crippen LogP contribution in [-0.4, -0.2) is 33.4 Å². The molecule has 0 heterocycles. The van der Waals surface area contributed by atoms with E-state index >= 15 is 0 Å². The molecule has 1 atom stereocenters. The number of hydrogen-bond donors (Lipinski definition) is 0. The zero-order chi connectivity index (χ0) is 12.7. The first-order chi connectivity index (χ1) is 7.51. The highest BCUT2D eigenvalue weighted by Gasteiger charge is 2.38. The second kappa shape index (κ2) is 7.19. The minimum absolute atomic E-state index is 0.363. The average Bonchev–Trinajstić information content (AvgIpc) is 2.34. The summed E-state index contributed by atoms with van der Waals surface area (Å²) in [5.74, 6) is 0. The first kappa shape index (κ1) is 15.8. The lowest BCUT2D eigenvalue weighted by molar-refractivity contribution is -0.126. The lowest BCUT2D eigenvalue weighted by atomic mass is 10.1. The van der Waals surface area contributed by atoms with E-state index in [1.165, 1.54) is 0 Å². The number of rotatable bonds is 9. The van der Waals surface area contributed by atoms with Crippen molar-refractivity contribution in [2.45, 2.75) is 58.4 Å². The van der Waals surface area contributed by atoms with Gasteiger partial charge in [0.1, 0.15) is 5.60 Å². The zero-order valence-electron chi connectivity index (χ0n) is 11.3. The van der Waals surface area contributed by atoms with Crippen LogP contribution in [0.1, 0.15) is 34.6 Å². The molecule has 0 amide bonds. The maximum atomic E-state index is 11.2. The van der Waals surface area contributed by atoms with Gasteiger partial charge < -0.3 is 14.0 Å². The van der Waals surface area contributed by atoms with Gasteiger partial charge in [-0.3, -0.25) is 0 Å². The fourth-order valence-corrected chi connectivity index (χ4v) is 4.88. The van der Waals surface area contributed by atoms with Crippen LogP contribution in [0.25, 0.3) is 0 Å². The number of carbonyl (C=O) groups is 1. The summed E-state index contributed by atoms with van der Waals surface area (Å²) in [5.41, 5.74) is -0.760. The smallest absolute Gasteiger partial charge is 0.193 e. The maximum Gasteiger partial charge on any atom is 0.193 e. The van der Waals surface area contributed by atoms with E-state index in [-0.39, 0.29) is 0 Å². The second-order valence-electron chi connectivity index (χ2n) is 4.41. The van der Waals surface area contributed by atoms with Crippen molar-refractivity contribution in [3.63, 3.8) is 0 Å². The summed E-state index contributed by atoms with van der Waals surface area (Å²) in [6.07, 6.45) is 0.894.